The van der Waals surface area contributed by atoms with Crippen LogP contribution in [0.4, 0.5) is 5.69 Å². The zero-order valence-corrected chi connectivity index (χ0v) is 20.6. The normalized spacial score (nSPS) is 14.9. The van der Waals surface area contributed by atoms with Crippen molar-refractivity contribution in [3.8, 4) is 0 Å². The molecule has 0 saturated heterocycles. The minimum Gasteiger partial charge on any atom is -0.266 e. The van der Waals surface area contributed by atoms with Crippen molar-refractivity contribution < 1.29 is 4.79 Å². The molecule has 1 aliphatic rings. The average molecular weight is 558 g/mol. The maximum atomic E-state index is 13.6. The smallest absolute Gasteiger partial charge is 0.266 e. The number of halogens is 4. The number of benzene rings is 3. The summed E-state index contributed by atoms with van der Waals surface area (Å²) in [7, 11) is 0. The Kier molecular flexibility index (Phi) is 5.97. The molecule has 8 heteroatoms. The Morgan fingerprint density at radius 1 is 0.879 bits per heavy atom. The number of hydrogen-bond acceptors (Lipinski definition) is 3. The first kappa shape index (κ1) is 22.1. The van der Waals surface area contributed by atoms with Crippen molar-refractivity contribution in [1.29, 1.82) is 0 Å². The number of pyridine rings is 1. The lowest BCUT2D eigenvalue weighted by Gasteiger charge is -2.21. The molecule has 0 saturated carbocycles. The minimum atomic E-state index is -0.366. The molecule has 162 valence electrons. The molecule has 0 fully saturated rings. The molecular formula is C25H13BrCl3N3O. The lowest BCUT2D eigenvalue weighted by molar-refractivity contribution is -0.113. The second-order valence-corrected chi connectivity index (χ2v) is 9.34. The van der Waals surface area contributed by atoms with Gasteiger partial charge in [0.05, 0.1) is 21.2 Å². The van der Waals surface area contributed by atoms with Gasteiger partial charge in [0.25, 0.3) is 5.91 Å². The Morgan fingerprint density at radius 2 is 1.61 bits per heavy atom. The molecule has 4 nitrogen and oxygen atoms in total. The standard InChI is InChI=1S/C25H13BrCl3N3O/c26-17-9-10-20-15(12-17)11-16(23(29)30-20)13-21-25(33)32(22-18(27)7-4-8-19(22)28)24(31-21)14-5-2-1-3-6-14/h1-13H/b21-13-. The molecule has 0 unspecified atom stereocenters. The van der Waals surface area contributed by atoms with Crippen LogP contribution in [0.3, 0.4) is 0 Å². The molecular weight excluding hydrogens is 545 g/mol. The maximum absolute atomic E-state index is 13.6. The van der Waals surface area contributed by atoms with Gasteiger partial charge in [-0.2, -0.15) is 0 Å². The van der Waals surface area contributed by atoms with E-state index in [4.69, 9.17) is 34.8 Å². The van der Waals surface area contributed by atoms with Gasteiger partial charge in [-0.15, -0.1) is 0 Å². The van der Waals surface area contributed by atoms with Crippen molar-refractivity contribution in [3.05, 3.63) is 109 Å². The molecule has 5 rings (SSSR count). The molecule has 0 bridgehead atoms. The number of anilines is 1. The molecule has 3 aromatic carbocycles. The monoisotopic (exact) mass is 555 g/mol. The van der Waals surface area contributed by atoms with E-state index in [0.717, 1.165) is 20.9 Å². The summed E-state index contributed by atoms with van der Waals surface area (Å²) in [4.78, 5) is 24.1. The molecule has 0 N–H and O–H groups in total. The number of carbonyl (C=O) groups is 1. The lowest BCUT2D eigenvalue weighted by Crippen LogP contribution is -2.33. The highest BCUT2D eigenvalue weighted by Gasteiger charge is 2.35. The largest absolute Gasteiger partial charge is 0.282 e. The molecule has 1 amide bonds. The fourth-order valence-corrected chi connectivity index (χ4v) is 4.74. The fourth-order valence-electron chi connectivity index (χ4n) is 3.60. The van der Waals surface area contributed by atoms with Gasteiger partial charge in [0.1, 0.15) is 16.7 Å². The van der Waals surface area contributed by atoms with Crippen LogP contribution < -0.4 is 4.90 Å². The van der Waals surface area contributed by atoms with E-state index in [-0.39, 0.29) is 16.8 Å². The van der Waals surface area contributed by atoms with Crippen LogP contribution in [0.2, 0.25) is 15.2 Å². The summed E-state index contributed by atoms with van der Waals surface area (Å²) >= 11 is 22.8. The SMILES string of the molecule is O=C1/C(=C/c2cc3cc(Br)ccc3nc2Cl)N=C(c2ccccc2)N1c1c(Cl)cccc1Cl. The van der Waals surface area contributed by atoms with Crippen LogP contribution in [0.25, 0.3) is 17.0 Å². The molecule has 0 radical (unpaired) electrons. The van der Waals surface area contributed by atoms with Crippen molar-refractivity contribution in [2.75, 3.05) is 4.90 Å². The van der Waals surface area contributed by atoms with Crippen molar-refractivity contribution in [1.82, 2.24) is 4.98 Å². The van der Waals surface area contributed by atoms with Gasteiger partial charge < -0.3 is 0 Å². The van der Waals surface area contributed by atoms with Crippen molar-refractivity contribution in [2.45, 2.75) is 0 Å². The molecule has 1 aliphatic heterocycles. The van der Waals surface area contributed by atoms with Crippen LogP contribution in [0.1, 0.15) is 11.1 Å². The zero-order valence-electron chi connectivity index (χ0n) is 16.8. The van der Waals surface area contributed by atoms with Gasteiger partial charge in [-0.1, -0.05) is 87.1 Å². The Bertz CT molecular complexity index is 1470. The quantitative estimate of drug-likeness (QED) is 0.191. The van der Waals surface area contributed by atoms with Gasteiger partial charge >= 0.3 is 0 Å². The number of fused-ring (bicyclic) bond motifs is 1. The van der Waals surface area contributed by atoms with Gasteiger partial charge in [0.15, 0.2) is 0 Å². The number of amides is 1. The number of nitrogens with zero attached hydrogens (tertiary/aromatic N) is 3. The second-order valence-electron chi connectivity index (χ2n) is 7.25. The first-order valence-electron chi connectivity index (χ1n) is 9.82. The number of aromatic nitrogens is 1. The van der Waals surface area contributed by atoms with E-state index in [9.17, 15) is 4.79 Å². The Morgan fingerprint density at radius 3 is 2.33 bits per heavy atom. The number of carbonyl (C=O) groups excluding carboxylic acids is 1. The third-order valence-corrected chi connectivity index (χ3v) is 6.51. The van der Waals surface area contributed by atoms with E-state index >= 15 is 0 Å². The van der Waals surface area contributed by atoms with Gasteiger partial charge in [-0.05, 0) is 42.5 Å². The summed E-state index contributed by atoms with van der Waals surface area (Å²) in [5.74, 6) is 0.0590. The number of aliphatic imine (C=N–C) groups is 1. The second kappa shape index (κ2) is 8.92. The van der Waals surface area contributed by atoms with Crippen molar-refractivity contribution in [2.24, 2.45) is 4.99 Å². The summed E-state index contributed by atoms with van der Waals surface area (Å²) in [5, 5.41) is 1.84. The predicted molar refractivity (Wildman–Crippen MR) is 139 cm³/mol. The molecule has 4 aromatic rings. The summed E-state index contributed by atoms with van der Waals surface area (Å²) in [5.41, 5.74) is 2.65. The third-order valence-electron chi connectivity index (χ3n) is 5.10. The first-order valence-corrected chi connectivity index (χ1v) is 11.7. The Hall–Kier alpha value is -2.70. The third kappa shape index (κ3) is 4.18. The summed E-state index contributed by atoms with van der Waals surface area (Å²) in [6, 6.07) is 22.0. The molecule has 2 heterocycles. The van der Waals surface area contributed by atoms with Gasteiger partial charge in [0, 0.05) is 21.0 Å². The van der Waals surface area contributed by atoms with Crippen LogP contribution >= 0.6 is 50.7 Å². The molecule has 0 aliphatic carbocycles. The van der Waals surface area contributed by atoms with E-state index in [1.807, 2.05) is 54.6 Å². The highest BCUT2D eigenvalue weighted by atomic mass is 79.9. The van der Waals surface area contributed by atoms with E-state index in [1.165, 1.54) is 4.90 Å². The fraction of sp³-hybridized carbons (Fsp3) is 0. The van der Waals surface area contributed by atoms with Crippen molar-refractivity contribution in [3.63, 3.8) is 0 Å². The number of hydrogen-bond donors (Lipinski definition) is 0. The predicted octanol–water partition coefficient (Wildman–Crippen LogP) is 7.79. The molecule has 33 heavy (non-hydrogen) atoms. The zero-order chi connectivity index (χ0) is 23.1. The summed E-state index contributed by atoms with van der Waals surface area (Å²) in [6.45, 7) is 0. The topological polar surface area (TPSA) is 45.6 Å². The molecule has 0 spiro atoms. The van der Waals surface area contributed by atoms with Crippen LogP contribution in [-0.2, 0) is 4.79 Å². The Labute approximate surface area is 213 Å². The van der Waals surface area contributed by atoms with Gasteiger partial charge in [0.2, 0.25) is 0 Å². The lowest BCUT2D eigenvalue weighted by atomic mass is 10.1. The number of para-hydroxylation sites is 1. The van der Waals surface area contributed by atoms with E-state index in [2.05, 4.69) is 25.9 Å². The first-order chi connectivity index (χ1) is 15.9. The number of rotatable bonds is 3. The van der Waals surface area contributed by atoms with E-state index in [1.54, 1.807) is 24.3 Å². The van der Waals surface area contributed by atoms with E-state index < -0.39 is 0 Å². The number of amidine groups is 1. The van der Waals surface area contributed by atoms with Crippen LogP contribution in [0.5, 0.6) is 0 Å². The van der Waals surface area contributed by atoms with Crippen molar-refractivity contribution >= 4 is 85.1 Å². The van der Waals surface area contributed by atoms with Crippen LogP contribution in [0.15, 0.2) is 88.0 Å². The summed E-state index contributed by atoms with van der Waals surface area (Å²) < 4.78 is 0.915. The van der Waals surface area contributed by atoms with Gasteiger partial charge in [-0.25, -0.2) is 9.98 Å². The van der Waals surface area contributed by atoms with E-state index in [0.29, 0.717) is 27.1 Å². The minimum absolute atomic E-state index is 0.197. The van der Waals surface area contributed by atoms with Crippen LogP contribution in [-0.4, -0.2) is 16.7 Å². The average Bonchev–Trinajstić information content (AvgIpc) is 3.11. The highest BCUT2D eigenvalue weighted by molar-refractivity contribution is 9.10. The Balaban J connectivity index is 1.68. The summed E-state index contributed by atoms with van der Waals surface area (Å²) in [6.07, 6.45) is 1.63. The maximum Gasteiger partial charge on any atom is 0.282 e. The van der Waals surface area contributed by atoms with Crippen LogP contribution in [0, 0.1) is 0 Å². The molecule has 0 atom stereocenters. The molecule has 1 aromatic heterocycles. The highest BCUT2D eigenvalue weighted by Crippen LogP contribution is 2.38. The van der Waals surface area contributed by atoms with Gasteiger partial charge in [-0.3, -0.25) is 9.69 Å².